The molecule has 6 nitrogen and oxygen atoms in total. The number of fused-ring (bicyclic) bond motifs is 2. The quantitative estimate of drug-likeness (QED) is 0.227. The van der Waals surface area contributed by atoms with Crippen LogP contribution in [-0.4, -0.2) is 49.7 Å². The van der Waals surface area contributed by atoms with Gasteiger partial charge in [0, 0.05) is 28.9 Å². The van der Waals surface area contributed by atoms with Gasteiger partial charge in [-0.3, -0.25) is 10.1 Å². The van der Waals surface area contributed by atoms with E-state index in [4.69, 9.17) is 4.98 Å². The van der Waals surface area contributed by atoms with Gasteiger partial charge in [0.05, 0.1) is 16.9 Å². The number of likely N-dealkylation sites (tertiary alicyclic amines) is 1. The van der Waals surface area contributed by atoms with Crippen LogP contribution in [0.5, 0.6) is 0 Å². The second kappa shape index (κ2) is 10.3. The van der Waals surface area contributed by atoms with Crippen molar-refractivity contribution >= 4 is 21.9 Å². The van der Waals surface area contributed by atoms with Crippen LogP contribution in [0.15, 0.2) is 73.1 Å². The Morgan fingerprint density at radius 3 is 2.70 bits per heavy atom. The predicted molar refractivity (Wildman–Crippen MR) is 159 cm³/mol. The molecule has 0 saturated carbocycles. The van der Waals surface area contributed by atoms with Gasteiger partial charge < -0.3 is 9.88 Å². The molecule has 0 spiro atoms. The lowest BCUT2D eigenvalue weighted by Gasteiger charge is -2.14. The highest BCUT2D eigenvalue weighted by molar-refractivity contribution is 6.00. The summed E-state index contributed by atoms with van der Waals surface area (Å²) in [5.41, 5.74) is 10.1. The van der Waals surface area contributed by atoms with Crippen LogP contribution in [-0.2, 0) is 6.42 Å². The largest absolute Gasteiger partial charge is 0.353 e. The molecule has 6 aromatic rings. The molecule has 0 aliphatic carbocycles. The van der Waals surface area contributed by atoms with Crippen molar-refractivity contribution in [3.05, 3.63) is 90.0 Å². The fourth-order valence-corrected chi connectivity index (χ4v) is 5.94. The Labute approximate surface area is 232 Å². The van der Waals surface area contributed by atoms with Gasteiger partial charge in [-0.25, -0.2) is 9.37 Å². The number of hydrogen-bond donors (Lipinski definition) is 2. The lowest BCUT2D eigenvalue weighted by atomic mass is 9.98. The number of aromatic nitrogens is 5. The molecule has 7 rings (SSSR count). The number of benzene rings is 2. The van der Waals surface area contributed by atoms with Crippen LogP contribution in [0.4, 0.5) is 4.39 Å². The van der Waals surface area contributed by atoms with Gasteiger partial charge in [0.25, 0.3) is 0 Å². The lowest BCUT2D eigenvalue weighted by molar-refractivity contribution is 0.334. The van der Waals surface area contributed by atoms with Gasteiger partial charge in [0.1, 0.15) is 17.0 Å². The zero-order valence-corrected chi connectivity index (χ0v) is 22.5. The minimum Gasteiger partial charge on any atom is -0.353 e. The van der Waals surface area contributed by atoms with Crippen molar-refractivity contribution in [2.75, 3.05) is 19.6 Å². The van der Waals surface area contributed by atoms with Crippen molar-refractivity contribution in [1.29, 1.82) is 0 Å². The maximum absolute atomic E-state index is 14.8. The molecule has 0 bridgehead atoms. The van der Waals surface area contributed by atoms with Crippen molar-refractivity contribution in [2.24, 2.45) is 0 Å². The molecule has 7 heteroatoms. The number of H-pyrrole nitrogens is 2. The van der Waals surface area contributed by atoms with Crippen LogP contribution in [0.2, 0.25) is 0 Å². The van der Waals surface area contributed by atoms with Crippen LogP contribution in [0.3, 0.4) is 0 Å². The third-order valence-electron chi connectivity index (χ3n) is 7.90. The predicted octanol–water partition coefficient (Wildman–Crippen LogP) is 7.31. The van der Waals surface area contributed by atoms with Crippen molar-refractivity contribution in [3.8, 4) is 33.8 Å². The van der Waals surface area contributed by atoms with E-state index in [0.29, 0.717) is 0 Å². The van der Waals surface area contributed by atoms with Gasteiger partial charge in [0.15, 0.2) is 0 Å². The third-order valence-corrected chi connectivity index (χ3v) is 7.90. The normalized spacial score (nSPS) is 14.1. The number of nitrogens with one attached hydrogen (secondary N) is 2. The van der Waals surface area contributed by atoms with Crippen LogP contribution in [0.1, 0.15) is 30.4 Å². The fourth-order valence-electron chi connectivity index (χ4n) is 5.94. The number of pyridine rings is 2. The van der Waals surface area contributed by atoms with E-state index in [1.165, 1.54) is 25.9 Å². The molecular weight excluding hydrogens is 499 g/mol. The molecule has 1 saturated heterocycles. The van der Waals surface area contributed by atoms with E-state index in [2.05, 4.69) is 49.3 Å². The topological polar surface area (TPSA) is 73.5 Å². The van der Waals surface area contributed by atoms with Gasteiger partial charge in [-0.2, -0.15) is 5.10 Å². The highest BCUT2D eigenvalue weighted by Crippen LogP contribution is 2.35. The number of hydrogen-bond acceptors (Lipinski definition) is 4. The monoisotopic (exact) mass is 530 g/mol. The molecule has 1 aliphatic heterocycles. The highest BCUT2D eigenvalue weighted by Gasteiger charge is 2.16. The van der Waals surface area contributed by atoms with Gasteiger partial charge >= 0.3 is 0 Å². The van der Waals surface area contributed by atoms with Crippen LogP contribution in [0.25, 0.3) is 55.7 Å². The Kier molecular flexibility index (Phi) is 6.36. The van der Waals surface area contributed by atoms with Crippen molar-refractivity contribution < 1.29 is 4.39 Å². The summed E-state index contributed by atoms with van der Waals surface area (Å²) in [6.07, 6.45) is 8.17. The number of aryl methyl sites for hydroxylation is 2. The molecule has 0 atom stereocenters. The highest BCUT2D eigenvalue weighted by atomic mass is 19.1. The van der Waals surface area contributed by atoms with E-state index in [-0.39, 0.29) is 5.82 Å². The lowest BCUT2D eigenvalue weighted by Crippen LogP contribution is -2.20. The van der Waals surface area contributed by atoms with Crippen LogP contribution < -0.4 is 0 Å². The smallest absolute Gasteiger partial charge is 0.135 e. The van der Waals surface area contributed by atoms with E-state index >= 15 is 0 Å². The zero-order chi connectivity index (χ0) is 27.1. The standard InChI is InChI=1S/C33H31FN6/c1-21-14-24(20-35-19-21)28-9-10-30-32(37-28)33(39-38-30)31-18-27-26(7-4-8-29(27)36-31)23-15-22(16-25(34)17-23)6-5-13-40-11-2-3-12-40/h4,7-10,14-20,36H,2-3,5-6,11-13H2,1H3,(H,38,39). The average molecular weight is 531 g/mol. The fraction of sp³-hybridized carbons (Fsp3) is 0.242. The zero-order valence-electron chi connectivity index (χ0n) is 22.5. The SMILES string of the molecule is Cc1cncc(-c2ccc3[nH]nc(-c4cc5c(-c6cc(F)cc(CCCN7CCCC7)c6)cccc5[nH]4)c3n2)c1. The van der Waals surface area contributed by atoms with Gasteiger partial charge in [-0.05, 0) is 117 Å². The maximum Gasteiger partial charge on any atom is 0.135 e. The van der Waals surface area contributed by atoms with Crippen molar-refractivity contribution in [3.63, 3.8) is 0 Å². The summed E-state index contributed by atoms with van der Waals surface area (Å²) in [4.78, 5) is 15.3. The molecule has 5 heterocycles. The number of aromatic amines is 2. The molecule has 0 radical (unpaired) electrons. The molecule has 200 valence electrons. The molecule has 1 fully saturated rings. The van der Waals surface area contributed by atoms with E-state index < -0.39 is 0 Å². The molecule has 1 aliphatic rings. The van der Waals surface area contributed by atoms with Crippen molar-refractivity contribution in [2.45, 2.75) is 32.6 Å². The van der Waals surface area contributed by atoms with Gasteiger partial charge in [0.2, 0.25) is 0 Å². The van der Waals surface area contributed by atoms with Gasteiger partial charge in [-0.1, -0.05) is 18.2 Å². The molecule has 0 amide bonds. The molecule has 4 aromatic heterocycles. The maximum atomic E-state index is 14.8. The summed E-state index contributed by atoms with van der Waals surface area (Å²) in [5, 5.41) is 8.76. The average Bonchev–Trinajstić information content (AvgIpc) is 3.72. The van der Waals surface area contributed by atoms with E-state index in [1.54, 1.807) is 12.1 Å². The number of halogens is 1. The Bertz CT molecular complexity index is 1830. The van der Waals surface area contributed by atoms with Crippen LogP contribution >= 0.6 is 0 Å². The summed E-state index contributed by atoms with van der Waals surface area (Å²) < 4.78 is 14.8. The van der Waals surface area contributed by atoms with E-state index in [0.717, 1.165) is 86.2 Å². The van der Waals surface area contributed by atoms with E-state index in [9.17, 15) is 4.39 Å². The summed E-state index contributed by atoms with van der Waals surface area (Å²) in [5.74, 6) is -0.193. The molecule has 0 unspecified atom stereocenters. The molecular formula is C33H31FN6. The second-order valence-electron chi connectivity index (χ2n) is 10.9. The second-order valence-corrected chi connectivity index (χ2v) is 10.9. The van der Waals surface area contributed by atoms with Gasteiger partial charge in [-0.15, -0.1) is 0 Å². The van der Waals surface area contributed by atoms with Crippen molar-refractivity contribution in [1.82, 2.24) is 30.0 Å². The molecule has 40 heavy (non-hydrogen) atoms. The first-order valence-corrected chi connectivity index (χ1v) is 14.0. The molecule has 2 N–H and O–H groups in total. The number of nitrogens with zero attached hydrogens (tertiary/aromatic N) is 4. The third kappa shape index (κ3) is 4.77. The van der Waals surface area contributed by atoms with Crippen LogP contribution in [0, 0.1) is 12.7 Å². The minimum absolute atomic E-state index is 0.193. The summed E-state index contributed by atoms with van der Waals surface area (Å²) in [6.45, 7) is 5.49. The Morgan fingerprint density at radius 2 is 1.82 bits per heavy atom. The Balaban J connectivity index is 1.23. The first-order valence-electron chi connectivity index (χ1n) is 14.0. The van der Waals surface area contributed by atoms with E-state index in [1.807, 2.05) is 43.6 Å². The summed E-state index contributed by atoms with van der Waals surface area (Å²) in [7, 11) is 0. The first-order chi connectivity index (χ1) is 19.6. The summed E-state index contributed by atoms with van der Waals surface area (Å²) >= 11 is 0. The number of rotatable bonds is 7. The summed E-state index contributed by atoms with van der Waals surface area (Å²) in [6, 6.07) is 19.7. The Morgan fingerprint density at radius 1 is 0.925 bits per heavy atom. The Hall–Kier alpha value is -4.36. The molecule has 2 aromatic carbocycles. The minimum atomic E-state index is -0.193. The first kappa shape index (κ1) is 24.7.